The molecule has 2 nitrogen and oxygen atoms in total. The molecule has 1 saturated carbocycles. The van der Waals surface area contributed by atoms with Crippen LogP contribution >= 0.6 is 0 Å². The van der Waals surface area contributed by atoms with Gasteiger partial charge in [-0.05, 0) is 57.7 Å². The first-order chi connectivity index (χ1) is 9.97. The second-order valence-electron chi connectivity index (χ2n) is 6.90. The number of rotatable bonds is 5. The van der Waals surface area contributed by atoms with Crippen molar-refractivity contribution in [1.29, 1.82) is 0 Å². The van der Waals surface area contributed by atoms with E-state index in [1.165, 1.54) is 37.7 Å². The van der Waals surface area contributed by atoms with Crippen molar-refractivity contribution in [2.24, 2.45) is 5.92 Å². The van der Waals surface area contributed by atoms with Crippen molar-refractivity contribution in [3.05, 3.63) is 34.4 Å². The molecule has 0 spiro atoms. The molecule has 1 aromatic rings. The molecule has 0 amide bonds. The van der Waals surface area contributed by atoms with Crippen LogP contribution < -0.4 is 0 Å². The monoisotopic (exact) mass is 287 g/mol. The normalized spacial score (nSPS) is 16.4. The van der Waals surface area contributed by atoms with Crippen LogP contribution in [-0.2, 0) is 0 Å². The zero-order valence-corrected chi connectivity index (χ0v) is 14.0. The lowest BCUT2D eigenvalue weighted by Gasteiger charge is -2.26. The lowest BCUT2D eigenvalue weighted by atomic mass is 9.89. The van der Waals surface area contributed by atoms with Gasteiger partial charge in [0, 0.05) is 12.1 Å². The van der Waals surface area contributed by atoms with E-state index in [0.29, 0.717) is 6.54 Å². The Morgan fingerprint density at radius 2 is 1.67 bits per heavy atom. The topological polar surface area (TPSA) is 20.3 Å². The summed E-state index contributed by atoms with van der Waals surface area (Å²) in [5.41, 5.74) is 4.39. The highest BCUT2D eigenvalue weighted by Gasteiger charge is 2.19. The van der Waals surface area contributed by atoms with Crippen LogP contribution in [0.5, 0.6) is 0 Å². The van der Waals surface area contributed by atoms with Gasteiger partial charge in [0.05, 0.1) is 6.54 Å². The van der Waals surface area contributed by atoms with Crippen LogP contribution in [0.3, 0.4) is 0 Å². The van der Waals surface area contributed by atoms with E-state index >= 15 is 0 Å². The number of benzene rings is 1. The van der Waals surface area contributed by atoms with E-state index in [4.69, 9.17) is 0 Å². The van der Waals surface area contributed by atoms with E-state index in [9.17, 15) is 4.79 Å². The molecular weight excluding hydrogens is 258 g/mol. The molecular formula is C19H29NO. The lowest BCUT2D eigenvalue weighted by molar-refractivity contribution is 0.0931. The van der Waals surface area contributed by atoms with Gasteiger partial charge >= 0.3 is 0 Å². The lowest BCUT2D eigenvalue weighted by Crippen LogP contribution is -2.32. The zero-order valence-electron chi connectivity index (χ0n) is 14.0. The molecule has 0 saturated heterocycles. The van der Waals surface area contributed by atoms with Gasteiger partial charge in [0.15, 0.2) is 5.78 Å². The fourth-order valence-electron chi connectivity index (χ4n) is 3.82. The Hall–Kier alpha value is -1.15. The highest BCUT2D eigenvalue weighted by atomic mass is 16.1. The molecule has 1 fully saturated rings. The maximum Gasteiger partial charge on any atom is 0.177 e. The van der Waals surface area contributed by atoms with E-state index in [-0.39, 0.29) is 5.78 Å². The van der Waals surface area contributed by atoms with Gasteiger partial charge in [0.2, 0.25) is 0 Å². The van der Waals surface area contributed by atoms with Gasteiger partial charge in [-0.1, -0.05) is 37.0 Å². The third-order valence-electron chi connectivity index (χ3n) is 4.66. The average molecular weight is 287 g/mol. The van der Waals surface area contributed by atoms with E-state index in [1.54, 1.807) is 0 Å². The number of likely N-dealkylation sites (N-methyl/N-ethyl adjacent to an activating group) is 1. The summed E-state index contributed by atoms with van der Waals surface area (Å²) < 4.78 is 0. The minimum Gasteiger partial charge on any atom is -0.299 e. The molecule has 0 unspecified atom stereocenters. The Bertz CT molecular complexity index is 477. The van der Waals surface area contributed by atoms with E-state index in [2.05, 4.69) is 31.0 Å². The largest absolute Gasteiger partial charge is 0.299 e. The summed E-state index contributed by atoms with van der Waals surface area (Å²) in [6.45, 7) is 7.79. The van der Waals surface area contributed by atoms with Crippen molar-refractivity contribution in [3.8, 4) is 0 Å². The number of ketones is 1. The van der Waals surface area contributed by atoms with Crippen LogP contribution in [0, 0.1) is 26.7 Å². The Kier molecular flexibility index (Phi) is 5.58. The van der Waals surface area contributed by atoms with Crippen LogP contribution in [0.25, 0.3) is 0 Å². The van der Waals surface area contributed by atoms with Crippen molar-refractivity contribution in [3.63, 3.8) is 0 Å². The summed E-state index contributed by atoms with van der Waals surface area (Å²) >= 11 is 0. The summed E-state index contributed by atoms with van der Waals surface area (Å²) in [6.07, 6.45) is 6.79. The standard InChI is InChI=1S/C19H29NO/c1-14-10-15(2)19(16(3)11-14)18(21)13-20(4)12-17-8-6-5-7-9-17/h10-11,17H,5-9,12-13H2,1-4H3. The molecule has 0 bridgehead atoms. The number of aryl methyl sites for hydroxylation is 3. The third-order valence-corrected chi connectivity index (χ3v) is 4.66. The summed E-state index contributed by atoms with van der Waals surface area (Å²) in [5, 5.41) is 0. The quantitative estimate of drug-likeness (QED) is 0.752. The van der Waals surface area contributed by atoms with Gasteiger partial charge < -0.3 is 0 Å². The predicted octanol–water partition coefficient (Wildman–Crippen LogP) is 4.31. The highest BCUT2D eigenvalue weighted by Crippen LogP contribution is 2.24. The number of carbonyl (C=O) groups is 1. The van der Waals surface area contributed by atoms with Gasteiger partial charge in [-0.3, -0.25) is 9.69 Å². The van der Waals surface area contributed by atoms with E-state index < -0.39 is 0 Å². The summed E-state index contributed by atoms with van der Waals surface area (Å²) in [4.78, 5) is 14.8. The first-order valence-electron chi connectivity index (χ1n) is 8.27. The second-order valence-corrected chi connectivity index (χ2v) is 6.90. The number of hydrogen-bond donors (Lipinski definition) is 0. The van der Waals surface area contributed by atoms with Gasteiger partial charge in [-0.25, -0.2) is 0 Å². The Morgan fingerprint density at radius 3 is 2.24 bits per heavy atom. The third kappa shape index (κ3) is 4.41. The number of Topliss-reactive ketones (excluding diaryl/α,β-unsaturated/α-hetero) is 1. The molecule has 0 aromatic heterocycles. The van der Waals surface area contributed by atoms with Gasteiger partial charge in [0.1, 0.15) is 0 Å². The van der Waals surface area contributed by atoms with E-state index in [1.807, 2.05) is 13.8 Å². The predicted molar refractivity (Wildman–Crippen MR) is 89.1 cm³/mol. The molecule has 1 aromatic carbocycles. The molecule has 1 aliphatic carbocycles. The SMILES string of the molecule is Cc1cc(C)c(C(=O)CN(C)CC2CCCCC2)c(C)c1. The van der Waals surface area contributed by atoms with Crippen molar-refractivity contribution in [2.75, 3.05) is 20.1 Å². The maximum absolute atomic E-state index is 12.6. The molecule has 0 heterocycles. The molecule has 21 heavy (non-hydrogen) atoms. The van der Waals surface area contributed by atoms with Gasteiger partial charge in [0.25, 0.3) is 0 Å². The van der Waals surface area contributed by atoms with Crippen molar-refractivity contribution in [2.45, 2.75) is 52.9 Å². The first kappa shape index (κ1) is 16.2. The van der Waals surface area contributed by atoms with Gasteiger partial charge in [-0.2, -0.15) is 0 Å². The van der Waals surface area contributed by atoms with Crippen molar-refractivity contribution < 1.29 is 4.79 Å². The summed E-state index contributed by atoms with van der Waals surface area (Å²) in [5.74, 6) is 1.06. The molecule has 2 rings (SSSR count). The average Bonchev–Trinajstić information content (AvgIpc) is 2.38. The number of carbonyl (C=O) groups excluding carboxylic acids is 1. The number of nitrogens with zero attached hydrogens (tertiary/aromatic N) is 1. The fourth-order valence-corrected chi connectivity index (χ4v) is 3.82. The minimum absolute atomic E-state index is 0.267. The van der Waals surface area contributed by atoms with Crippen LogP contribution in [0.4, 0.5) is 0 Å². The molecule has 116 valence electrons. The molecule has 0 radical (unpaired) electrons. The highest BCUT2D eigenvalue weighted by molar-refractivity contribution is 6.00. The Balaban J connectivity index is 1.97. The molecule has 0 atom stereocenters. The van der Waals surface area contributed by atoms with E-state index in [0.717, 1.165) is 29.2 Å². The van der Waals surface area contributed by atoms with Crippen LogP contribution in [0.15, 0.2) is 12.1 Å². The molecule has 0 aliphatic heterocycles. The van der Waals surface area contributed by atoms with Crippen molar-refractivity contribution in [1.82, 2.24) is 4.90 Å². The molecule has 2 heteroatoms. The van der Waals surface area contributed by atoms with Crippen molar-refractivity contribution >= 4 is 5.78 Å². The summed E-state index contributed by atoms with van der Waals surface area (Å²) in [6, 6.07) is 4.22. The van der Waals surface area contributed by atoms with Gasteiger partial charge in [-0.15, -0.1) is 0 Å². The Labute approximate surface area is 129 Å². The second kappa shape index (κ2) is 7.22. The maximum atomic E-state index is 12.6. The Morgan fingerprint density at radius 1 is 1.10 bits per heavy atom. The summed E-state index contributed by atoms with van der Waals surface area (Å²) in [7, 11) is 2.09. The molecule has 1 aliphatic rings. The van der Waals surface area contributed by atoms with Crippen LogP contribution in [-0.4, -0.2) is 30.8 Å². The van der Waals surface area contributed by atoms with Crippen LogP contribution in [0.2, 0.25) is 0 Å². The zero-order chi connectivity index (χ0) is 15.4. The number of hydrogen-bond acceptors (Lipinski definition) is 2. The van der Waals surface area contributed by atoms with Crippen LogP contribution in [0.1, 0.15) is 59.2 Å². The fraction of sp³-hybridized carbons (Fsp3) is 0.632. The minimum atomic E-state index is 0.267. The molecule has 0 N–H and O–H groups in total. The first-order valence-corrected chi connectivity index (χ1v) is 8.27. The smallest absolute Gasteiger partial charge is 0.177 e.